The molecule has 0 unspecified atom stereocenters. The molecular weight excluding hydrogens is 292 g/mol. The monoisotopic (exact) mass is 308 g/mol. The Kier molecular flexibility index (Phi) is 3.84. The van der Waals surface area contributed by atoms with Crippen LogP contribution in [-0.2, 0) is 0 Å². The van der Waals surface area contributed by atoms with Gasteiger partial charge in [-0.05, 0) is 44.5 Å². The maximum Gasteiger partial charge on any atom is 0.279 e. The van der Waals surface area contributed by atoms with E-state index < -0.39 is 0 Å². The minimum atomic E-state index is -0.359. The van der Waals surface area contributed by atoms with Gasteiger partial charge in [0.25, 0.3) is 5.91 Å². The van der Waals surface area contributed by atoms with Crippen LogP contribution in [0.5, 0.6) is 0 Å². The highest BCUT2D eigenvalue weighted by Crippen LogP contribution is 2.14. The number of carbonyl (C=O) groups is 1. The standard InChI is InChI=1S/C16H16N6O/c1-10-9-14(19-18-11(10)2)17-16(23)15-12(3)22(21-20-15)13-7-5-4-6-8-13/h4-9H,1-3H3,(H,17,19,23). The summed E-state index contributed by atoms with van der Waals surface area (Å²) in [5.41, 5.74) is 3.55. The Bertz CT molecular complexity index is 856. The Morgan fingerprint density at radius 3 is 2.48 bits per heavy atom. The van der Waals surface area contributed by atoms with Gasteiger partial charge < -0.3 is 5.32 Å². The molecule has 0 saturated heterocycles. The highest BCUT2D eigenvalue weighted by Gasteiger charge is 2.18. The second kappa shape index (κ2) is 5.96. The molecule has 0 atom stereocenters. The first kappa shape index (κ1) is 14.8. The summed E-state index contributed by atoms with van der Waals surface area (Å²) in [7, 11) is 0. The van der Waals surface area contributed by atoms with Gasteiger partial charge in [-0.3, -0.25) is 4.79 Å². The lowest BCUT2D eigenvalue weighted by molar-refractivity contribution is 0.102. The maximum absolute atomic E-state index is 12.4. The van der Waals surface area contributed by atoms with Crippen molar-refractivity contribution in [2.75, 3.05) is 5.32 Å². The van der Waals surface area contributed by atoms with Crippen LogP contribution >= 0.6 is 0 Å². The lowest BCUT2D eigenvalue weighted by Crippen LogP contribution is -2.16. The zero-order valence-corrected chi connectivity index (χ0v) is 13.1. The number of carbonyl (C=O) groups excluding carboxylic acids is 1. The molecule has 3 rings (SSSR count). The fourth-order valence-electron chi connectivity index (χ4n) is 2.14. The van der Waals surface area contributed by atoms with Gasteiger partial charge in [0.05, 0.1) is 17.1 Å². The van der Waals surface area contributed by atoms with E-state index in [1.54, 1.807) is 17.7 Å². The molecule has 7 nitrogen and oxygen atoms in total. The first-order chi connectivity index (χ1) is 11.1. The highest BCUT2D eigenvalue weighted by atomic mass is 16.2. The molecule has 0 spiro atoms. The number of hydrogen-bond donors (Lipinski definition) is 1. The number of aromatic nitrogens is 5. The summed E-state index contributed by atoms with van der Waals surface area (Å²) in [6, 6.07) is 11.3. The van der Waals surface area contributed by atoms with Crippen LogP contribution in [0.4, 0.5) is 5.82 Å². The fraction of sp³-hybridized carbons (Fsp3) is 0.188. The molecule has 0 fully saturated rings. The number of rotatable bonds is 3. The molecule has 23 heavy (non-hydrogen) atoms. The number of para-hydroxylation sites is 1. The first-order valence-corrected chi connectivity index (χ1v) is 7.16. The van der Waals surface area contributed by atoms with Gasteiger partial charge in [-0.25, -0.2) is 4.68 Å². The second-order valence-corrected chi connectivity index (χ2v) is 5.22. The van der Waals surface area contributed by atoms with Crippen LogP contribution in [0.2, 0.25) is 0 Å². The molecule has 0 radical (unpaired) electrons. The van der Waals surface area contributed by atoms with Gasteiger partial charge in [0.15, 0.2) is 11.5 Å². The SMILES string of the molecule is Cc1cc(NC(=O)c2nnn(-c3ccccc3)c2C)nnc1C. The molecule has 7 heteroatoms. The van der Waals surface area contributed by atoms with Gasteiger partial charge >= 0.3 is 0 Å². The van der Waals surface area contributed by atoms with E-state index in [0.717, 1.165) is 16.9 Å². The zero-order valence-electron chi connectivity index (χ0n) is 13.1. The van der Waals surface area contributed by atoms with Gasteiger partial charge in [-0.2, -0.15) is 5.10 Å². The molecule has 2 heterocycles. The molecule has 0 bridgehead atoms. The Hall–Kier alpha value is -3.09. The van der Waals surface area contributed by atoms with E-state index in [2.05, 4.69) is 25.8 Å². The summed E-state index contributed by atoms with van der Waals surface area (Å²) in [5, 5.41) is 18.7. The Balaban J connectivity index is 1.86. The van der Waals surface area contributed by atoms with E-state index in [0.29, 0.717) is 11.5 Å². The Morgan fingerprint density at radius 1 is 1.04 bits per heavy atom. The molecule has 1 N–H and O–H groups in total. The number of nitrogens with one attached hydrogen (secondary N) is 1. The summed E-state index contributed by atoms with van der Waals surface area (Å²) in [6.07, 6.45) is 0. The molecule has 0 aliphatic heterocycles. The van der Waals surface area contributed by atoms with Crippen LogP contribution in [0.15, 0.2) is 36.4 Å². The molecule has 1 amide bonds. The number of nitrogens with zero attached hydrogens (tertiary/aromatic N) is 5. The highest BCUT2D eigenvalue weighted by molar-refractivity contribution is 6.03. The van der Waals surface area contributed by atoms with Crippen molar-refractivity contribution in [1.82, 2.24) is 25.2 Å². The van der Waals surface area contributed by atoms with E-state index in [1.165, 1.54) is 0 Å². The average molecular weight is 308 g/mol. The van der Waals surface area contributed by atoms with Crippen molar-refractivity contribution < 1.29 is 4.79 Å². The van der Waals surface area contributed by atoms with Gasteiger partial charge in [-0.1, -0.05) is 23.4 Å². The smallest absolute Gasteiger partial charge is 0.279 e. The summed E-state index contributed by atoms with van der Waals surface area (Å²) in [6.45, 7) is 5.58. The molecule has 116 valence electrons. The van der Waals surface area contributed by atoms with Crippen LogP contribution in [0, 0.1) is 20.8 Å². The number of hydrogen-bond acceptors (Lipinski definition) is 5. The largest absolute Gasteiger partial charge is 0.304 e. The average Bonchev–Trinajstić information content (AvgIpc) is 2.93. The summed E-state index contributed by atoms with van der Waals surface area (Å²) in [5.74, 6) is 0.0361. The zero-order chi connectivity index (χ0) is 16.4. The molecule has 3 aromatic rings. The third-order valence-electron chi connectivity index (χ3n) is 3.58. The van der Waals surface area contributed by atoms with Crippen LogP contribution in [-0.4, -0.2) is 31.1 Å². The van der Waals surface area contributed by atoms with Crippen molar-refractivity contribution in [3.63, 3.8) is 0 Å². The normalized spacial score (nSPS) is 10.6. The van der Waals surface area contributed by atoms with E-state index in [1.807, 2.05) is 44.2 Å². The number of aryl methyl sites for hydroxylation is 2. The minimum absolute atomic E-state index is 0.258. The minimum Gasteiger partial charge on any atom is -0.304 e. The lowest BCUT2D eigenvalue weighted by atomic mass is 10.2. The van der Waals surface area contributed by atoms with Crippen molar-refractivity contribution in [2.24, 2.45) is 0 Å². The first-order valence-electron chi connectivity index (χ1n) is 7.16. The predicted molar refractivity (Wildman–Crippen MR) is 85.6 cm³/mol. The van der Waals surface area contributed by atoms with Crippen LogP contribution in [0.25, 0.3) is 5.69 Å². The van der Waals surface area contributed by atoms with E-state index in [9.17, 15) is 4.79 Å². The molecule has 0 aliphatic rings. The van der Waals surface area contributed by atoms with Crippen molar-refractivity contribution >= 4 is 11.7 Å². The number of amides is 1. The van der Waals surface area contributed by atoms with E-state index in [-0.39, 0.29) is 11.6 Å². The van der Waals surface area contributed by atoms with Crippen molar-refractivity contribution in [3.05, 3.63) is 59.0 Å². The van der Waals surface area contributed by atoms with Crippen molar-refractivity contribution in [1.29, 1.82) is 0 Å². The maximum atomic E-state index is 12.4. The molecule has 0 aliphatic carbocycles. The van der Waals surface area contributed by atoms with Gasteiger partial charge in [0.1, 0.15) is 0 Å². The third kappa shape index (κ3) is 2.94. The van der Waals surface area contributed by atoms with Crippen LogP contribution < -0.4 is 5.32 Å². The lowest BCUT2D eigenvalue weighted by Gasteiger charge is -2.05. The third-order valence-corrected chi connectivity index (χ3v) is 3.58. The van der Waals surface area contributed by atoms with Gasteiger partial charge in [-0.15, -0.1) is 10.2 Å². The van der Waals surface area contributed by atoms with Gasteiger partial charge in [0.2, 0.25) is 0 Å². The van der Waals surface area contributed by atoms with Crippen LogP contribution in [0.1, 0.15) is 27.4 Å². The van der Waals surface area contributed by atoms with E-state index in [4.69, 9.17) is 0 Å². The van der Waals surface area contributed by atoms with Crippen LogP contribution in [0.3, 0.4) is 0 Å². The number of anilines is 1. The molecule has 2 aromatic heterocycles. The quantitative estimate of drug-likeness (QED) is 0.802. The molecular formula is C16H16N6O. The van der Waals surface area contributed by atoms with Crippen molar-refractivity contribution in [2.45, 2.75) is 20.8 Å². The topological polar surface area (TPSA) is 85.6 Å². The Morgan fingerprint density at radius 2 is 1.78 bits per heavy atom. The number of benzene rings is 1. The van der Waals surface area contributed by atoms with Crippen molar-refractivity contribution in [3.8, 4) is 5.69 Å². The molecule has 1 aromatic carbocycles. The fourth-order valence-corrected chi connectivity index (χ4v) is 2.14. The molecule has 0 saturated carbocycles. The van der Waals surface area contributed by atoms with Gasteiger partial charge in [0, 0.05) is 0 Å². The second-order valence-electron chi connectivity index (χ2n) is 5.22. The summed E-state index contributed by atoms with van der Waals surface area (Å²) < 4.78 is 1.63. The predicted octanol–water partition coefficient (Wildman–Crippen LogP) is 2.23. The Labute approximate surface area is 133 Å². The summed E-state index contributed by atoms with van der Waals surface area (Å²) in [4.78, 5) is 12.4. The van der Waals surface area contributed by atoms with E-state index >= 15 is 0 Å². The summed E-state index contributed by atoms with van der Waals surface area (Å²) >= 11 is 0.